The molecule has 2 heteroatoms. The van der Waals surface area contributed by atoms with Gasteiger partial charge >= 0.3 is 0 Å². The zero-order valence-corrected chi connectivity index (χ0v) is 16.5. The van der Waals surface area contributed by atoms with Crippen molar-refractivity contribution in [1.82, 2.24) is 4.57 Å². The van der Waals surface area contributed by atoms with E-state index in [4.69, 9.17) is 0 Å². The van der Waals surface area contributed by atoms with Crippen molar-refractivity contribution in [3.8, 4) is 22.3 Å². The van der Waals surface area contributed by atoms with Gasteiger partial charge in [0.15, 0.2) is 0 Å². The molecule has 0 aliphatic carbocycles. The highest BCUT2D eigenvalue weighted by atomic mass is 32.2. The van der Waals surface area contributed by atoms with Gasteiger partial charge in [-0.25, -0.2) is 10.9 Å². The molecule has 0 N–H and O–H groups in total. The number of rotatable bonds is 0. The zero-order chi connectivity index (χ0) is 18.4. The molecule has 1 atom stereocenters. The maximum atomic E-state index is 2.55. The number of fused-ring (bicyclic) bond motifs is 9. The molecule has 2 aliphatic rings. The van der Waals surface area contributed by atoms with Crippen molar-refractivity contribution in [2.24, 2.45) is 0 Å². The van der Waals surface area contributed by atoms with Crippen LogP contribution in [0.15, 0.2) is 88.7 Å². The van der Waals surface area contributed by atoms with Gasteiger partial charge in [-0.1, -0.05) is 66.7 Å². The van der Waals surface area contributed by atoms with Gasteiger partial charge < -0.3 is 4.57 Å². The molecule has 0 spiro atoms. The van der Waals surface area contributed by atoms with E-state index >= 15 is 0 Å². The highest BCUT2D eigenvalue weighted by Gasteiger charge is 2.29. The first kappa shape index (κ1) is 15.0. The Balaban J connectivity index is 1.67. The molecule has 2 aliphatic heterocycles. The first-order valence-corrected chi connectivity index (χ1v) is 11.6. The minimum absolute atomic E-state index is 0.323. The van der Waals surface area contributed by atoms with E-state index in [1.807, 2.05) is 0 Å². The van der Waals surface area contributed by atoms with Crippen LogP contribution in [0.4, 0.5) is 0 Å². The van der Waals surface area contributed by atoms with E-state index in [2.05, 4.69) is 89.7 Å². The summed E-state index contributed by atoms with van der Waals surface area (Å²) in [5.41, 5.74) is 9.85. The fourth-order valence-corrected chi connectivity index (χ4v) is 7.61. The SMILES string of the molecule is C[SH]1c2ccccc2-c2ccc3c(c21)c1cccc2c1n3Cc1ccccc1-2. The minimum atomic E-state index is -0.323. The van der Waals surface area contributed by atoms with Gasteiger partial charge in [-0.05, 0) is 45.5 Å². The molecule has 134 valence electrons. The summed E-state index contributed by atoms with van der Waals surface area (Å²) in [7, 11) is -0.323. The highest BCUT2D eigenvalue weighted by Crippen LogP contribution is 2.60. The summed E-state index contributed by atoms with van der Waals surface area (Å²) in [6.07, 6.45) is 2.43. The van der Waals surface area contributed by atoms with Gasteiger partial charge in [-0.3, -0.25) is 0 Å². The molecule has 1 aromatic heterocycles. The molecule has 1 nitrogen and oxygen atoms in total. The molecule has 1 unspecified atom stereocenters. The smallest absolute Gasteiger partial charge is 0.0574 e. The van der Waals surface area contributed by atoms with Crippen LogP contribution < -0.4 is 0 Å². The molecule has 0 amide bonds. The van der Waals surface area contributed by atoms with Crippen LogP contribution in [0.3, 0.4) is 0 Å². The summed E-state index contributed by atoms with van der Waals surface area (Å²) >= 11 is 0. The molecule has 5 aromatic rings. The predicted molar refractivity (Wildman–Crippen MR) is 121 cm³/mol. The Morgan fingerprint density at radius 1 is 0.714 bits per heavy atom. The van der Waals surface area contributed by atoms with Crippen molar-refractivity contribution in [1.29, 1.82) is 0 Å². The Labute approximate surface area is 166 Å². The molecule has 4 aromatic carbocycles. The van der Waals surface area contributed by atoms with Crippen molar-refractivity contribution in [2.75, 3.05) is 6.26 Å². The van der Waals surface area contributed by atoms with E-state index in [1.165, 1.54) is 54.5 Å². The number of hydrogen-bond acceptors (Lipinski definition) is 0. The number of hydrogen-bond donors (Lipinski definition) is 1. The lowest BCUT2D eigenvalue weighted by Gasteiger charge is -2.20. The normalized spacial score (nSPS) is 17.5. The Bertz CT molecular complexity index is 1460. The second-order valence-electron chi connectivity index (χ2n) is 7.88. The Hall–Kier alpha value is -2.97. The van der Waals surface area contributed by atoms with Crippen LogP contribution >= 0.6 is 10.9 Å². The summed E-state index contributed by atoms with van der Waals surface area (Å²) in [6, 6.07) is 29.4. The van der Waals surface area contributed by atoms with Crippen molar-refractivity contribution in [3.63, 3.8) is 0 Å². The van der Waals surface area contributed by atoms with Crippen LogP contribution in [-0.4, -0.2) is 10.8 Å². The summed E-state index contributed by atoms with van der Waals surface area (Å²) in [6.45, 7) is 0.959. The standard InChI is InChI=1S/C26H19NS/c1-28-23-12-5-4-9-18(23)20-13-14-22-24(26(20)28)21-11-6-10-19-17-8-3-2-7-16(17)15-27(22)25(19)21/h2-14,28H,15H2,1H3. The third-order valence-corrected chi connectivity index (χ3v) is 8.80. The van der Waals surface area contributed by atoms with E-state index < -0.39 is 0 Å². The third kappa shape index (κ3) is 1.66. The maximum Gasteiger partial charge on any atom is 0.0574 e. The Morgan fingerprint density at radius 2 is 1.50 bits per heavy atom. The summed E-state index contributed by atoms with van der Waals surface area (Å²) in [4.78, 5) is 3.09. The lowest BCUT2D eigenvalue weighted by molar-refractivity contribution is 0.860. The summed E-state index contributed by atoms with van der Waals surface area (Å²) in [5.74, 6) is 0. The monoisotopic (exact) mass is 377 g/mol. The summed E-state index contributed by atoms with van der Waals surface area (Å²) < 4.78 is 2.55. The van der Waals surface area contributed by atoms with E-state index in [9.17, 15) is 0 Å². The van der Waals surface area contributed by atoms with E-state index in [0.29, 0.717) is 0 Å². The Kier molecular flexibility index (Phi) is 2.73. The van der Waals surface area contributed by atoms with Crippen LogP contribution in [0, 0.1) is 0 Å². The van der Waals surface area contributed by atoms with Gasteiger partial charge in [-0.15, -0.1) is 0 Å². The van der Waals surface area contributed by atoms with E-state index in [0.717, 1.165) is 6.54 Å². The quantitative estimate of drug-likeness (QED) is 0.276. The number of thiol groups is 1. The number of benzene rings is 4. The van der Waals surface area contributed by atoms with Gasteiger partial charge in [0.25, 0.3) is 0 Å². The number of para-hydroxylation sites is 1. The molecular formula is C26H19NS. The molecular weight excluding hydrogens is 358 g/mol. The summed E-state index contributed by atoms with van der Waals surface area (Å²) in [5, 5.41) is 2.90. The number of aromatic nitrogens is 1. The average molecular weight is 378 g/mol. The predicted octanol–water partition coefficient (Wildman–Crippen LogP) is 6.85. The fraction of sp³-hybridized carbons (Fsp3) is 0.0769. The molecule has 0 saturated heterocycles. The molecule has 0 fully saturated rings. The third-order valence-electron chi connectivity index (χ3n) is 6.55. The van der Waals surface area contributed by atoms with Gasteiger partial charge in [0.2, 0.25) is 0 Å². The second kappa shape index (κ2) is 5.09. The lowest BCUT2D eigenvalue weighted by atomic mass is 9.95. The Morgan fingerprint density at radius 3 is 2.43 bits per heavy atom. The second-order valence-corrected chi connectivity index (χ2v) is 9.92. The molecule has 3 heterocycles. The van der Waals surface area contributed by atoms with Crippen molar-refractivity contribution in [3.05, 3.63) is 84.4 Å². The van der Waals surface area contributed by atoms with Crippen LogP contribution in [0.1, 0.15) is 5.56 Å². The number of nitrogens with zero attached hydrogens (tertiary/aromatic N) is 1. The lowest BCUT2D eigenvalue weighted by Crippen LogP contribution is -2.06. The molecule has 7 rings (SSSR count). The zero-order valence-electron chi connectivity index (χ0n) is 15.6. The van der Waals surface area contributed by atoms with Crippen molar-refractivity contribution >= 4 is 32.7 Å². The molecule has 28 heavy (non-hydrogen) atoms. The van der Waals surface area contributed by atoms with Gasteiger partial charge in [0, 0.05) is 27.8 Å². The van der Waals surface area contributed by atoms with Crippen LogP contribution in [0.2, 0.25) is 0 Å². The van der Waals surface area contributed by atoms with E-state index in [-0.39, 0.29) is 10.9 Å². The van der Waals surface area contributed by atoms with Gasteiger partial charge in [0.1, 0.15) is 0 Å². The van der Waals surface area contributed by atoms with Gasteiger partial charge in [0.05, 0.1) is 11.0 Å². The molecule has 0 saturated carbocycles. The minimum Gasteiger partial charge on any atom is -0.335 e. The van der Waals surface area contributed by atoms with Gasteiger partial charge in [-0.2, -0.15) is 0 Å². The first-order chi connectivity index (χ1) is 13.8. The largest absolute Gasteiger partial charge is 0.335 e. The van der Waals surface area contributed by atoms with Crippen LogP contribution in [0.5, 0.6) is 0 Å². The van der Waals surface area contributed by atoms with E-state index in [1.54, 1.807) is 4.90 Å². The molecule has 0 radical (unpaired) electrons. The fourth-order valence-electron chi connectivity index (χ4n) is 5.38. The maximum absolute atomic E-state index is 2.55. The average Bonchev–Trinajstić information content (AvgIpc) is 3.23. The van der Waals surface area contributed by atoms with Crippen LogP contribution in [0.25, 0.3) is 44.1 Å². The van der Waals surface area contributed by atoms with Crippen molar-refractivity contribution in [2.45, 2.75) is 16.3 Å². The van der Waals surface area contributed by atoms with Crippen molar-refractivity contribution < 1.29 is 0 Å². The molecule has 0 bridgehead atoms. The topological polar surface area (TPSA) is 4.93 Å². The van der Waals surface area contributed by atoms with Crippen LogP contribution in [-0.2, 0) is 6.54 Å². The highest BCUT2D eigenvalue weighted by molar-refractivity contribution is 8.17. The first-order valence-electron chi connectivity index (χ1n) is 9.82.